The van der Waals surface area contributed by atoms with Gasteiger partial charge in [0.05, 0.1) is 16.8 Å². The Hall–Kier alpha value is -3.82. The van der Waals surface area contributed by atoms with Gasteiger partial charge in [0, 0.05) is 42.4 Å². The third kappa shape index (κ3) is 2.72. The van der Waals surface area contributed by atoms with E-state index in [1.807, 2.05) is 6.07 Å². The zero-order chi connectivity index (χ0) is 22.6. The van der Waals surface area contributed by atoms with E-state index in [1.54, 1.807) is 29.2 Å². The molecular formula is C23H19N3O5S. The summed E-state index contributed by atoms with van der Waals surface area (Å²) in [6.07, 6.45) is 0. The highest BCUT2D eigenvalue weighted by molar-refractivity contribution is 7.80. The van der Waals surface area contributed by atoms with E-state index in [1.165, 1.54) is 24.3 Å². The van der Waals surface area contributed by atoms with Crippen molar-refractivity contribution in [1.29, 1.82) is 0 Å². The quantitative estimate of drug-likeness (QED) is 0.352. The Morgan fingerprint density at radius 3 is 2.53 bits per heavy atom. The lowest BCUT2D eigenvalue weighted by molar-refractivity contribution is 0.0226. The molecule has 0 saturated carbocycles. The van der Waals surface area contributed by atoms with Crippen molar-refractivity contribution in [2.45, 2.75) is 5.60 Å². The van der Waals surface area contributed by atoms with Crippen molar-refractivity contribution in [3.63, 3.8) is 0 Å². The number of thiocarbonyl (C=S) groups is 1. The molecule has 0 bridgehead atoms. The summed E-state index contributed by atoms with van der Waals surface area (Å²) >= 11 is 5.26. The minimum Gasteiger partial charge on any atom is -0.508 e. The van der Waals surface area contributed by atoms with Gasteiger partial charge in [-0.3, -0.25) is 0 Å². The maximum Gasteiger partial charge on any atom is 0.340 e. The maximum absolute atomic E-state index is 13.0. The van der Waals surface area contributed by atoms with Crippen LogP contribution >= 0.6 is 12.2 Å². The number of phenolic OH excluding ortho intramolecular Hbond substituents is 2. The van der Waals surface area contributed by atoms with Crippen LogP contribution < -0.4 is 21.1 Å². The van der Waals surface area contributed by atoms with E-state index >= 15 is 0 Å². The number of hydrogen-bond donors (Lipinski definition) is 4. The molecule has 3 aromatic rings. The van der Waals surface area contributed by atoms with Crippen LogP contribution in [0.3, 0.4) is 0 Å². The molecule has 0 amide bonds. The van der Waals surface area contributed by atoms with Crippen molar-refractivity contribution in [3.05, 3.63) is 76.9 Å². The average molecular weight is 449 g/mol. The summed E-state index contributed by atoms with van der Waals surface area (Å²) < 4.78 is 12.2. The standard InChI is InChI=1S/C23H19N3O5S/c24-7-8-26(22(25)32)17-9-13(28)11-19-20(17)23(16-6-5-12(27)10-18(16)30-19)15-4-2-1-3-14(15)21(29)31-23/h1-6,9-11,27-28H,7-8,24H2,(H2,25,32). The number of hydrogen-bond acceptors (Lipinski definition) is 7. The molecule has 8 nitrogen and oxygen atoms in total. The van der Waals surface area contributed by atoms with Crippen molar-refractivity contribution < 1.29 is 24.5 Å². The number of fused-ring (bicyclic) bond motifs is 6. The Kier molecular flexibility index (Phi) is 4.47. The molecule has 0 aromatic heterocycles. The van der Waals surface area contributed by atoms with Gasteiger partial charge in [-0.1, -0.05) is 18.2 Å². The molecule has 5 rings (SSSR count). The molecule has 1 atom stereocenters. The average Bonchev–Trinajstić information content (AvgIpc) is 3.04. The van der Waals surface area contributed by atoms with Gasteiger partial charge in [0.1, 0.15) is 23.0 Å². The van der Waals surface area contributed by atoms with Crippen LogP contribution in [-0.4, -0.2) is 34.4 Å². The first-order valence-corrected chi connectivity index (χ1v) is 10.3. The number of aromatic hydroxyl groups is 2. The number of carbonyl (C=O) groups excluding carboxylic acids is 1. The molecule has 9 heteroatoms. The first-order valence-electron chi connectivity index (χ1n) is 9.85. The fourth-order valence-corrected chi connectivity index (χ4v) is 4.64. The second-order valence-electron chi connectivity index (χ2n) is 7.52. The van der Waals surface area contributed by atoms with E-state index in [9.17, 15) is 15.0 Å². The fourth-order valence-electron chi connectivity index (χ4n) is 4.45. The van der Waals surface area contributed by atoms with Gasteiger partial charge in [-0.25, -0.2) is 4.79 Å². The highest BCUT2D eigenvalue weighted by Crippen LogP contribution is 2.59. The van der Waals surface area contributed by atoms with E-state index < -0.39 is 11.6 Å². The Labute approximate surface area is 188 Å². The van der Waals surface area contributed by atoms with Gasteiger partial charge in [0.25, 0.3) is 0 Å². The zero-order valence-corrected chi connectivity index (χ0v) is 17.6. The van der Waals surface area contributed by atoms with Gasteiger partial charge in [-0.15, -0.1) is 0 Å². The Morgan fingerprint density at radius 1 is 1.03 bits per heavy atom. The molecule has 0 saturated heterocycles. The lowest BCUT2D eigenvalue weighted by Gasteiger charge is -2.39. The summed E-state index contributed by atoms with van der Waals surface area (Å²) in [5, 5.41) is 20.6. The number of esters is 1. The number of phenols is 2. The van der Waals surface area contributed by atoms with E-state index in [0.29, 0.717) is 33.7 Å². The minimum atomic E-state index is -1.41. The first kappa shape index (κ1) is 20.1. The highest BCUT2D eigenvalue weighted by atomic mass is 32.1. The molecule has 0 fully saturated rings. The summed E-state index contributed by atoms with van der Waals surface area (Å²) in [5.41, 5.74) is 12.8. The number of ether oxygens (including phenoxy) is 2. The summed E-state index contributed by atoms with van der Waals surface area (Å²) in [7, 11) is 0. The first-order chi connectivity index (χ1) is 15.4. The Bertz CT molecular complexity index is 1290. The molecule has 162 valence electrons. The van der Waals surface area contributed by atoms with Crippen molar-refractivity contribution >= 4 is 29.0 Å². The molecule has 1 unspecified atom stereocenters. The summed E-state index contributed by atoms with van der Waals surface area (Å²) in [4.78, 5) is 14.6. The lowest BCUT2D eigenvalue weighted by atomic mass is 9.76. The Balaban J connectivity index is 1.91. The zero-order valence-electron chi connectivity index (χ0n) is 16.7. The maximum atomic E-state index is 13.0. The highest BCUT2D eigenvalue weighted by Gasteiger charge is 2.55. The van der Waals surface area contributed by atoms with Crippen LogP contribution in [0.5, 0.6) is 23.0 Å². The largest absolute Gasteiger partial charge is 0.508 e. The predicted octanol–water partition coefficient (Wildman–Crippen LogP) is 2.67. The molecule has 6 N–H and O–H groups in total. The van der Waals surface area contributed by atoms with Crippen LogP contribution in [0.2, 0.25) is 0 Å². The van der Waals surface area contributed by atoms with Gasteiger partial charge in [0.2, 0.25) is 0 Å². The second kappa shape index (κ2) is 7.11. The molecule has 2 heterocycles. The minimum absolute atomic E-state index is 0.0202. The van der Waals surface area contributed by atoms with Crippen LogP contribution in [0.1, 0.15) is 27.0 Å². The molecule has 1 spiro atoms. The van der Waals surface area contributed by atoms with Crippen LogP contribution in [0.15, 0.2) is 54.6 Å². The van der Waals surface area contributed by atoms with Gasteiger partial charge in [0.15, 0.2) is 10.7 Å². The van der Waals surface area contributed by atoms with Crippen LogP contribution in [0.25, 0.3) is 0 Å². The van der Waals surface area contributed by atoms with Gasteiger partial charge in [-0.05, 0) is 30.4 Å². The monoisotopic (exact) mass is 449 g/mol. The molecule has 2 aliphatic rings. The van der Waals surface area contributed by atoms with E-state index in [-0.39, 0.29) is 35.5 Å². The van der Waals surface area contributed by atoms with Crippen LogP contribution in [0.4, 0.5) is 5.69 Å². The van der Waals surface area contributed by atoms with Gasteiger partial charge >= 0.3 is 5.97 Å². The van der Waals surface area contributed by atoms with E-state index in [0.717, 1.165) is 0 Å². The third-order valence-electron chi connectivity index (χ3n) is 5.66. The molecule has 0 aliphatic carbocycles. The van der Waals surface area contributed by atoms with Crippen molar-refractivity contribution in [1.82, 2.24) is 0 Å². The summed E-state index contributed by atoms with van der Waals surface area (Å²) in [6.45, 7) is 0.496. The van der Waals surface area contributed by atoms with Crippen LogP contribution in [-0.2, 0) is 10.3 Å². The number of anilines is 1. The SMILES string of the molecule is NCCN(C(N)=S)c1cc(O)cc2c1C1(OC(=O)c3ccccc31)c1ccc(O)cc1O2. The number of rotatable bonds is 3. The number of nitrogens with zero attached hydrogens (tertiary/aromatic N) is 1. The third-order valence-corrected chi connectivity index (χ3v) is 5.88. The van der Waals surface area contributed by atoms with Gasteiger partial charge < -0.3 is 36.1 Å². The summed E-state index contributed by atoms with van der Waals surface area (Å²) in [6, 6.07) is 14.5. The smallest absolute Gasteiger partial charge is 0.340 e. The fraction of sp³-hybridized carbons (Fsp3) is 0.130. The second-order valence-corrected chi connectivity index (χ2v) is 7.93. The topological polar surface area (TPSA) is 131 Å². The number of benzene rings is 3. The Morgan fingerprint density at radius 2 is 1.78 bits per heavy atom. The van der Waals surface area contributed by atoms with Crippen molar-refractivity contribution in [2.24, 2.45) is 11.5 Å². The number of nitrogens with two attached hydrogens (primary N) is 2. The van der Waals surface area contributed by atoms with Crippen LogP contribution in [0, 0.1) is 0 Å². The van der Waals surface area contributed by atoms with Crippen molar-refractivity contribution in [3.8, 4) is 23.0 Å². The predicted molar refractivity (Wildman–Crippen MR) is 121 cm³/mol. The lowest BCUT2D eigenvalue weighted by Crippen LogP contribution is -2.42. The molecule has 0 radical (unpaired) electrons. The summed E-state index contributed by atoms with van der Waals surface area (Å²) in [5.74, 6) is -0.103. The molecule has 32 heavy (non-hydrogen) atoms. The molecular weight excluding hydrogens is 430 g/mol. The van der Waals surface area contributed by atoms with Gasteiger partial charge in [-0.2, -0.15) is 0 Å². The molecule has 3 aromatic carbocycles. The van der Waals surface area contributed by atoms with E-state index in [4.69, 9.17) is 33.2 Å². The molecule has 2 aliphatic heterocycles. The number of carbonyl (C=O) groups is 1. The van der Waals surface area contributed by atoms with E-state index in [2.05, 4.69) is 0 Å². The van der Waals surface area contributed by atoms with Crippen molar-refractivity contribution in [2.75, 3.05) is 18.0 Å². The normalized spacial score (nSPS) is 17.7.